The van der Waals surface area contributed by atoms with E-state index in [9.17, 15) is 33.6 Å². The van der Waals surface area contributed by atoms with Crippen molar-refractivity contribution in [2.24, 2.45) is 0 Å². The van der Waals surface area contributed by atoms with Crippen molar-refractivity contribution in [3.8, 4) is 0 Å². The van der Waals surface area contributed by atoms with Crippen molar-refractivity contribution < 1.29 is 47.7 Å². The molecule has 0 aliphatic carbocycles. The lowest BCUT2D eigenvalue weighted by molar-refractivity contribution is -0.888. The monoisotopic (exact) mass is 812 g/mol. The van der Waals surface area contributed by atoms with E-state index < -0.39 is 73.6 Å². The lowest BCUT2D eigenvalue weighted by Gasteiger charge is -2.48. The Morgan fingerprint density at radius 1 is 0.831 bits per heavy atom. The molecule has 0 radical (unpaired) electrons. The zero-order chi connectivity index (χ0) is 41.6. The summed E-state index contributed by atoms with van der Waals surface area (Å²) < 4.78 is 23.6. The molecule has 59 heavy (non-hydrogen) atoms. The molecule has 1 saturated heterocycles. The van der Waals surface area contributed by atoms with Gasteiger partial charge in [0.25, 0.3) is 22.9 Å². The number of aliphatic hydroxyl groups excluding tert-OH is 1. The molecule has 2 aliphatic heterocycles. The summed E-state index contributed by atoms with van der Waals surface area (Å²) in [5.74, 6) is -4.36. The smallest absolute Gasteiger partial charge is 0.400 e. The highest BCUT2D eigenvalue weighted by atomic mass is 32.2. The number of quaternary nitrogens is 1. The predicted octanol–water partition coefficient (Wildman–Crippen LogP) is 6.54. The average molecular weight is 813 g/mol. The maximum absolute atomic E-state index is 14.2. The van der Waals surface area contributed by atoms with Crippen LogP contribution in [0.25, 0.3) is 0 Å². The van der Waals surface area contributed by atoms with Crippen LogP contribution in [0.1, 0.15) is 64.4 Å². The molecular formula is C46H42N3O9S+. The summed E-state index contributed by atoms with van der Waals surface area (Å²) in [5.41, 5.74) is 3.92. The van der Waals surface area contributed by atoms with Crippen LogP contribution in [0.5, 0.6) is 0 Å². The summed E-state index contributed by atoms with van der Waals surface area (Å²) in [5, 5.41) is 13.1. The van der Waals surface area contributed by atoms with Crippen LogP contribution in [0.2, 0.25) is 0 Å². The Balaban J connectivity index is 1.16. The van der Waals surface area contributed by atoms with Gasteiger partial charge in [-0.05, 0) is 59.4 Å². The number of aliphatic hydroxyl groups is 1. The van der Waals surface area contributed by atoms with Crippen LogP contribution in [0.4, 0.5) is 5.69 Å². The van der Waals surface area contributed by atoms with Crippen molar-refractivity contribution in [3.05, 3.63) is 185 Å². The van der Waals surface area contributed by atoms with Gasteiger partial charge >= 0.3 is 17.8 Å². The number of esters is 2. The highest BCUT2D eigenvalue weighted by Crippen LogP contribution is 2.44. The second-order valence-electron chi connectivity index (χ2n) is 14.3. The van der Waals surface area contributed by atoms with Gasteiger partial charge in [-0.3, -0.25) is 14.4 Å². The standard InChI is InChI=1S/C46H41N3O9S/c1-57-45(55)46(34-22-12-5-13-23-34,35-24-14-25-36(28-35)47-43(53)33-20-10-4-11-21-33)27-15-26-38(51)48-49-39(52)29-40(49)59(56)30-37(50)41(49)44(54)58-42(31-16-6-2-7-17-31)32-18-8-3-9-19-32/h2-14,16-25,28,40,42H,15,26-27,29-30H2,1H3,(H2-,47,48,50,51,53,54)/p+1/t40-,46?,49?,59?/m0/s1. The Morgan fingerprint density at radius 3 is 2.00 bits per heavy atom. The van der Waals surface area contributed by atoms with Crippen LogP contribution in [-0.4, -0.2) is 62.1 Å². The topological polar surface area (TPSA) is 171 Å². The number of benzene rings is 5. The first-order chi connectivity index (χ1) is 28.6. The molecule has 300 valence electrons. The lowest BCUT2D eigenvalue weighted by Crippen LogP contribution is -2.80. The fraction of sp³-hybridized carbons (Fsp3) is 0.196. The quantitative estimate of drug-likeness (QED) is 0.0488. The highest BCUT2D eigenvalue weighted by molar-refractivity contribution is 7.92. The van der Waals surface area contributed by atoms with E-state index in [0.717, 1.165) is 0 Å². The third kappa shape index (κ3) is 8.00. The Kier molecular flexibility index (Phi) is 12.1. The zero-order valence-electron chi connectivity index (χ0n) is 32.1. The van der Waals surface area contributed by atoms with Crippen LogP contribution in [0.15, 0.2) is 157 Å². The van der Waals surface area contributed by atoms with E-state index in [4.69, 9.17) is 9.47 Å². The first-order valence-corrected chi connectivity index (χ1v) is 20.4. The SMILES string of the molecule is COC(=O)C(CCCC(=O)N[N+]12C(=O)C[C@@H]1[S+]([O-])CC(O)=C2C(=O)OC(c1ccccc1)c1ccccc1)(c1ccccc1)c1cccc(NC(=O)c2ccccc2)c1. The van der Waals surface area contributed by atoms with Crippen LogP contribution in [-0.2, 0) is 45.2 Å². The number of anilines is 1. The minimum atomic E-state index is -1.82. The Bertz CT molecular complexity index is 2340. The van der Waals surface area contributed by atoms with E-state index >= 15 is 0 Å². The van der Waals surface area contributed by atoms with Crippen molar-refractivity contribution in [1.29, 1.82) is 0 Å². The van der Waals surface area contributed by atoms with Gasteiger partial charge in [0.15, 0.2) is 18.3 Å². The first kappa shape index (κ1) is 40.6. The summed E-state index contributed by atoms with van der Waals surface area (Å²) in [4.78, 5) is 69.0. The fourth-order valence-electron chi connectivity index (χ4n) is 7.83. The maximum Gasteiger partial charge on any atom is 0.400 e. The Hall–Kier alpha value is -6.54. The Morgan fingerprint density at radius 2 is 1.41 bits per heavy atom. The molecule has 5 aromatic rings. The van der Waals surface area contributed by atoms with Crippen LogP contribution < -0.4 is 10.7 Å². The second kappa shape index (κ2) is 17.5. The van der Waals surface area contributed by atoms with Gasteiger partial charge in [0, 0.05) is 28.8 Å². The van der Waals surface area contributed by atoms with Gasteiger partial charge in [0.2, 0.25) is 5.76 Å². The van der Waals surface area contributed by atoms with Crippen LogP contribution in [0, 0.1) is 0 Å². The van der Waals surface area contributed by atoms with Gasteiger partial charge in [-0.1, -0.05) is 126 Å². The van der Waals surface area contributed by atoms with Crippen LogP contribution in [0.3, 0.4) is 0 Å². The number of β-lactam (4-membered cyclic amide) rings is 1. The predicted molar refractivity (Wildman–Crippen MR) is 219 cm³/mol. The van der Waals surface area contributed by atoms with Crippen molar-refractivity contribution in [1.82, 2.24) is 5.43 Å². The molecule has 0 bridgehead atoms. The number of hydrogen-bond donors (Lipinski definition) is 3. The van der Waals surface area contributed by atoms with Gasteiger partial charge in [-0.25, -0.2) is 9.59 Å². The molecule has 12 nitrogen and oxygen atoms in total. The number of carbonyl (C=O) groups excluding carboxylic acids is 5. The molecule has 0 spiro atoms. The average Bonchev–Trinajstić information content (AvgIpc) is 3.26. The second-order valence-corrected chi connectivity index (χ2v) is 15.8. The number of nitrogens with zero attached hydrogens (tertiary/aromatic N) is 1. The molecule has 3 amide bonds. The number of ether oxygens (including phenoxy) is 2. The molecule has 5 aromatic carbocycles. The summed E-state index contributed by atoms with van der Waals surface area (Å²) in [6.07, 6.45) is -1.27. The normalized spacial score (nSPS) is 19.4. The van der Waals surface area contributed by atoms with Gasteiger partial charge in [0.1, 0.15) is 5.41 Å². The summed E-state index contributed by atoms with van der Waals surface area (Å²) in [6, 6.07) is 42.4. The molecule has 7 rings (SSSR count). The number of carbonyl (C=O) groups is 5. The van der Waals surface area contributed by atoms with E-state index in [2.05, 4.69) is 10.7 Å². The van der Waals surface area contributed by atoms with Crippen molar-refractivity contribution in [2.45, 2.75) is 42.6 Å². The number of rotatable bonds is 14. The van der Waals surface area contributed by atoms with E-state index in [1.165, 1.54) is 7.11 Å². The third-order valence-electron chi connectivity index (χ3n) is 10.7. The minimum absolute atomic E-state index is 0.0440. The fourth-order valence-corrected chi connectivity index (χ4v) is 9.39. The summed E-state index contributed by atoms with van der Waals surface area (Å²) >= 11 is -1.82. The largest absolute Gasteiger partial charge is 0.611 e. The molecule has 4 atom stereocenters. The lowest BCUT2D eigenvalue weighted by atomic mass is 9.71. The number of fused-ring (bicyclic) bond motifs is 1. The molecule has 3 N–H and O–H groups in total. The van der Waals surface area contributed by atoms with Gasteiger partial charge < -0.3 is 24.4 Å². The van der Waals surface area contributed by atoms with E-state index in [0.29, 0.717) is 33.5 Å². The van der Waals surface area contributed by atoms with E-state index in [1.54, 1.807) is 133 Å². The summed E-state index contributed by atoms with van der Waals surface area (Å²) in [7, 11) is 1.27. The maximum atomic E-state index is 14.2. The van der Waals surface area contributed by atoms with Gasteiger partial charge in [-0.2, -0.15) is 5.43 Å². The minimum Gasteiger partial charge on any atom is -0.611 e. The van der Waals surface area contributed by atoms with Crippen molar-refractivity contribution in [3.63, 3.8) is 0 Å². The number of methoxy groups -OCH3 is 1. The molecule has 3 unspecified atom stereocenters. The van der Waals surface area contributed by atoms with Gasteiger partial charge in [-0.15, -0.1) is 0 Å². The summed E-state index contributed by atoms with van der Waals surface area (Å²) in [6.45, 7) is 0. The number of hydrogen-bond acceptors (Lipinski definition) is 9. The van der Waals surface area contributed by atoms with E-state index in [1.807, 2.05) is 12.1 Å². The molecule has 0 saturated carbocycles. The Labute approximate surface area is 344 Å². The first-order valence-electron chi connectivity index (χ1n) is 19.0. The molecule has 2 heterocycles. The molecule has 2 aliphatic rings. The molecular weight excluding hydrogens is 771 g/mol. The molecule has 1 fully saturated rings. The van der Waals surface area contributed by atoms with E-state index in [-0.39, 0.29) is 31.6 Å². The third-order valence-corrected chi connectivity index (χ3v) is 12.4. The number of amides is 3. The van der Waals surface area contributed by atoms with Crippen molar-refractivity contribution in [2.75, 3.05) is 18.2 Å². The van der Waals surface area contributed by atoms with Crippen LogP contribution >= 0.6 is 0 Å². The highest BCUT2D eigenvalue weighted by Gasteiger charge is 2.72. The van der Waals surface area contributed by atoms with Crippen molar-refractivity contribution >= 4 is 46.5 Å². The molecule has 0 aromatic heterocycles. The number of nitrogens with one attached hydrogen (secondary N) is 2. The van der Waals surface area contributed by atoms with Gasteiger partial charge in [0.05, 0.1) is 7.11 Å². The molecule has 13 heteroatoms. The zero-order valence-corrected chi connectivity index (χ0v) is 32.9.